The molecule has 0 bridgehead atoms. The second-order valence-corrected chi connectivity index (χ2v) is 4.00. The largest absolute Gasteiger partial charge is 0.497 e. The van der Waals surface area contributed by atoms with Gasteiger partial charge in [0.05, 0.1) is 14.2 Å². The number of rotatable bonds is 4. The Morgan fingerprint density at radius 3 is 2.67 bits per heavy atom. The van der Waals surface area contributed by atoms with E-state index in [2.05, 4.69) is 6.92 Å². The number of carbonyl (C=O) groups is 1. The lowest BCUT2D eigenvalue weighted by Gasteiger charge is -2.07. The molecule has 4 heteroatoms. The fourth-order valence-electron chi connectivity index (χ4n) is 1.91. The van der Waals surface area contributed by atoms with E-state index in [4.69, 9.17) is 14.2 Å². The highest BCUT2D eigenvalue weighted by Crippen LogP contribution is 2.39. The summed E-state index contributed by atoms with van der Waals surface area (Å²) < 4.78 is 15.7. The molecule has 0 aliphatic carbocycles. The van der Waals surface area contributed by atoms with Crippen LogP contribution in [0.3, 0.4) is 0 Å². The summed E-state index contributed by atoms with van der Waals surface area (Å²) in [6.07, 6.45) is 3.78. The summed E-state index contributed by atoms with van der Waals surface area (Å²) in [4.78, 5) is 11.8. The maximum atomic E-state index is 11.8. The van der Waals surface area contributed by atoms with E-state index in [1.807, 2.05) is 6.08 Å². The van der Waals surface area contributed by atoms with Crippen molar-refractivity contribution in [3.8, 4) is 11.5 Å². The maximum absolute atomic E-state index is 11.8. The minimum atomic E-state index is -0.369. The van der Waals surface area contributed by atoms with Gasteiger partial charge < -0.3 is 14.2 Å². The molecule has 1 aromatic rings. The molecule has 2 rings (SSSR count). The first-order valence-electron chi connectivity index (χ1n) is 5.90. The zero-order chi connectivity index (χ0) is 13.1. The van der Waals surface area contributed by atoms with Crippen molar-refractivity contribution in [3.05, 3.63) is 29.3 Å². The van der Waals surface area contributed by atoms with Crippen molar-refractivity contribution in [2.45, 2.75) is 19.8 Å². The van der Waals surface area contributed by atoms with Crippen LogP contribution in [0.5, 0.6) is 11.5 Å². The van der Waals surface area contributed by atoms with Gasteiger partial charge in [0, 0.05) is 11.6 Å². The molecular formula is C14H16O4. The molecule has 4 nitrogen and oxygen atoms in total. The summed E-state index contributed by atoms with van der Waals surface area (Å²) in [6.45, 7) is 2.07. The van der Waals surface area contributed by atoms with Gasteiger partial charge in [0.1, 0.15) is 22.8 Å². The van der Waals surface area contributed by atoms with Gasteiger partial charge in [-0.3, -0.25) is 0 Å². The molecule has 96 valence electrons. The number of fused-ring (bicyclic) bond motifs is 1. The van der Waals surface area contributed by atoms with Gasteiger partial charge >= 0.3 is 5.97 Å². The normalized spacial score (nSPS) is 15.5. The second kappa shape index (κ2) is 5.12. The molecule has 18 heavy (non-hydrogen) atoms. The van der Waals surface area contributed by atoms with Gasteiger partial charge in [0.15, 0.2) is 0 Å². The third-order valence-corrected chi connectivity index (χ3v) is 2.82. The van der Waals surface area contributed by atoms with Crippen molar-refractivity contribution < 1.29 is 19.0 Å². The number of ether oxygens (including phenoxy) is 3. The Balaban J connectivity index is 2.54. The summed E-state index contributed by atoms with van der Waals surface area (Å²) in [7, 11) is 3.10. The van der Waals surface area contributed by atoms with Crippen molar-refractivity contribution in [2.75, 3.05) is 14.2 Å². The lowest BCUT2D eigenvalue weighted by molar-refractivity contribution is 0.0712. The van der Waals surface area contributed by atoms with Crippen LogP contribution in [-0.2, 0) is 4.74 Å². The van der Waals surface area contributed by atoms with Gasteiger partial charge in [-0.2, -0.15) is 0 Å². The van der Waals surface area contributed by atoms with Crippen molar-refractivity contribution in [1.29, 1.82) is 0 Å². The van der Waals surface area contributed by atoms with Crippen molar-refractivity contribution in [2.24, 2.45) is 0 Å². The average Bonchev–Trinajstić information content (AvgIpc) is 2.72. The van der Waals surface area contributed by atoms with Crippen LogP contribution in [0.1, 0.15) is 35.7 Å². The monoisotopic (exact) mass is 248 g/mol. The van der Waals surface area contributed by atoms with Crippen LogP contribution < -0.4 is 9.47 Å². The molecule has 0 saturated carbocycles. The van der Waals surface area contributed by atoms with E-state index in [1.165, 1.54) is 7.11 Å². The first kappa shape index (κ1) is 12.5. The summed E-state index contributed by atoms with van der Waals surface area (Å²) in [5.74, 6) is 1.35. The molecule has 0 saturated heterocycles. The SMILES string of the molecule is CCC/C=C1\OC(=O)c2c(OC)cc(OC)cc21. The predicted octanol–water partition coefficient (Wildman–Crippen LogP) is 3.02. The number of esters is 1. The van der Waals surface area contributed by atoms with E-state index in [0.717, 1.165) is 18.4 Å². The maximum Gasteiger partial charge on any atom is 0.348 e. The quantitative estimate of drug-likeness (QED) is 0.768. The topological polar surface area (TPSA) is 44.8 Å². The second-order valence-electron chi connectivity index (χ2n) is 4.00. The van der Waals surface area contributed by atoms with Crippen LogP contribution in [0.25, 0.3) is 5.76 Å². The van der Waals surface area contributed by atoms with Crippen LogP contribution in [0.15, 0.2) is 18.2 Å². The Hall–Kier alpha value is -1.97. The summed E-state index contributed by atoms with van der Waals surface area (Å²) in [5.41, 5.74) is 1.21. The smallest absolute Gasteiger partial charge is 0.348 e. The molecule has 0 unspecified atom stereocenters. The molecule has 0 atom stereocenters. The third-order valence-electron chi connectivity index (χ3n) is 2.82. The number of benzene rings is 1. The van der Waals surface area contributed by atoms with E-state index in [1.54, 1.807) is 19.2 Å². The number of hydrogen-bond acceptors (Lipinski definition) is 4. The molecule has 1 aliphatic rings. The first-order chi connectivity index (χ1) is 8.71. The fourth-order valence-corrected chi connectivity index (χ4v) is 1.91. The molecule has 0 spiro atoms. The lowest BCUT2D eigenvalue weighted by Crippen LogP contribution is -1.99. The van der Waals surface area contributed by atoms with Gasteiger partial charge in [-0.05, 0) is 18.6 Å². The Kier molecular flexibility index (Phi) is 3.55. The number of cyclic esters (lactones) is 1. The summed E-state index contributed by atoms with van der Waals surface area (Å²) >= 11 is 0. The minimum absolute atomic E-state index is 0.369. The highest BCUT2D eigenvalue weighted by Gasteiger charge is 2.31. The molecule has 0 N–H and O–H groups in total. The number of hydrogen-bond donors (Lipinski definition) is 0. The third kappa shape index (κ3) is 2.06. The van der Waals surface area contributed by atoms with E-state index < -0.39 is 0 Å². The van der Waals surface area contributed by atoms with Gasteiger partial charge in [-0.25, -0.2) is 4.79 Å². The molecule has 0 amide bonds. The average molecular weight is 248 g/mol. The number of allylic oxidation sites excluding steroid dienone is 1. The van der Waals surface area contributed by atoms with Crippen LogP contribution >= 0.6 is 0 Å². The zero-order valence-corrected chi connectivity index (χ0v) is 10.8. The molecule has 1 aliphatic heterocycles. The Morgan fingerprint density at radius 1 is 1.28 bits per heavy atom. The van der Waals surface area contributed by atoms with Crippen molar-refractivity contribution >= 4 is 11.7 Å². The molecule has 1 heterocycles. The van der Waals surface area contributed by atoms with Crippen LogP contribution in [0.2, 0.25) is 0 Å². The van der Waals surface area contributed by atoms with Crippen LogP contribution in [0.4, 0.5) is 0 Å². The minimum Gasteiger partial charge on any atom is -0.497 e. The van der Waals surface area contributed by atoms with Gasteiger partial charge in [-0.1, -0.05) is 13.3 Å². The number of unbranched alkanes of at least 4 members (excludes halogenated alkanes) is 1. The van der Waals surface area contributed by atoms with Gasteiger partial charge in [0.2, 0.25) is 0 Å². The summed E-state index contributed by atoms with van der Waals surface area (Å²) in [6, 6.07) is 3.48. The molecular weight excluding hydrogens is 232 g/mol. The van der Waals surface area contributed by atoms with E-state index >= 15 is 0 Å². The Labute approximate surface area is 106 Å². The predicted molar refractivity (Wildman–Crippen MR) is 67.8 cm³/mol. The van der Waals surface area contributed by atoms with Crippen molar-refractivity contribution in [1.82, 2.24) is 0 Å². The van der Waals surface area contributed by atoms with Crippen LogP contribution in [0, 0.1) is 0 Å². The summed E-state index contributed by atoms with van der Waals surface area (Å²) in [5, 5.41) is 0. The number of carbonyl (C=O) groups excluding carboxylic acids is 1. The molecule has 0 radical (unpaired) electrons. The zero-order valence-electron chi connectivity index (χ0n) is 10.8. The lowest BCUT2D eigenvalue weighted by atomic mass is 10.1. The molecule has 1 aromatic carbocycles. The Morgan fingerprint density at radius 2 is 2.06 bits per heavy atom. The molecule has 0 aromatic heterocycles. The first-order valence-corrected chi connectivity index (χ1v) is 5.90. The molecule has 0 fully saturated rings. The Bertz CT molecular complexity index is 503. The van der Waals surface area contributed by atoms with Crippen LogP contribution in [-0.4, -0.2) is 20.2 Å². The standard InChI is InChI=1S/C14H16O4/c1-4-5-6-11-10-7-9(16-2)8-12(17-3)13(10)14(15)18-11/h6-8H,4-5H2,1-3H3/b11-6-. The van der Waals surface area contributed by atoms with E-state index in [0.29, 0.717) is 22.8 Å². The van der Waals surface area contributed by atoms with Crippen molar-refractivity contribution in [3.63, 3.8) is 0 Å². The fraction of sp³-hybridized carbons (Fsp3) is 0.357. The van der Waals surface area contributed by atoms with Gasteiger partial charge in [-0.15, -0.1) is 0 Å². The highest BCUT2D eigenvalue weighted by molar-refractivity contribution is 6.05. The van der Waals surface area contributed by atoms with E-state index in [-0.39, 0.29) is 5.97 Å². The van der Waals surface area contributed by atoms with E-state index in [9.17, 15) is 4.79 Å². The highest BCUT2D eigenvalue weighted by atomic mass is 16.5. The van der Waals surface area contributed by atoms with Gasteiger partial charge in [0.25, 0.3) is 0 Å². The number of methoxy groups -OCH3 is 2.